The van der Waals surface area contributed by atoms with Gasteiger partial charge >= 0.3 is 0 Å². The van der Waals surface area contributed by atoms with Gasteiger partial charge in [0.05, 0.1) is 17.8 Å². The summed E-state index contributed by atoms with van der Waals surface area (Å²) in [7, 11) is 0. The molecule has 1 aromatic heterocycles. The first kappa shape index (κ1) is 10.8. The molecule has 0 fully saturated rings. The largest absolute Gasteiger partial charge is 0.396 e. The molecule has 0 saturated heterocycles. The smallest absolute Gasteiger partial charge is 0.153 e. The lowest BCUT2D eigenvalue weighted by molar-refractivity contribution is 0.930. The van der Waals surface area contributed by atoms with Crippen LogP contribution in [-0.4, -0.2) is 18.1 Å². The molecule has 5 heteroatoms. The van der Waals surface area contributed by atoms with Gasteiger partial charge in [0, 0.05) is 5.69 Å². The third-order valence-electron chi connectivity index (χ3n) is 1.87. The van der Waals surface area contributed by atoms with Crippen LogP contribution in [0.4, 0.5) is 11.5 Å². The molecule has 2 N–H and O–H groups in total. The Kier molecular flexibility index (Phi) is 3.48. The second-order valence-corrected chi connectivity index (χ2v) is 3.04. The van der Waals surface area contributed by atoms with Gasteiger partial charge in [-0.3, -0.25) is 0 Å². The number of nitrogen functional groups attached to an aromatic ring is 1. The molecule has 0 aliphatic carbocycles. The number of nitrogens with two attached hydrogens (primary N) is 1. The van der Waals surface area contributed by atoms with E-state index in [1.54, 1.807) is 17.0 Å². The summed E-state index contributed by atoms with van der Waals surface area (Å²) in [6, 6.07) is 7.46. The van der Waals surface area contributed by atoms with Crippen LogP contribution >= 0.6 is 0 Å². The van der Waals surface area contributed by atoms with Crippen molar-refractivity contribution in [2.45, 2.75) is 6.92 Å². The summed E-state index contributed by atoms with van der Waals surface area (Å²) in [5.74, 6) is 0.498. The van der Waals surface area contributed by atoms with Crippen molar-refractivity contribution in [2.75, 3.05) is 23.7 Å². The molecule has 0 aromatic carbocycles. The van der Waals surface area contributed by atoms with Crippen molar-refractivity contribution >= 4 is 11.5 Å². The zero-order valence-electron chi connectivity index (χ0n) is 8.44. The van der Waals surface area contributed by atoms with Crippen molar-refractivity contribution in [3.63, 3.8) is 0 Å². The molecule has 1 rings (SSSR count). The molecule has 0 radical (unpaired) electrons. The van der Waals surface area contributed by atoms with Gasteiger partial charge in [0.25, 0.3) is 0 Å². The van der Waals surface area contributed by atoms with Crippen molar-refractivity contribution in [3.8, 4) is 12.1 Å². The Balaban J connectivity index is 3.06. The molecule has 15 heavy (non-hydrogen) atoms. The van der Waals surface area contributed by atoms with Crippen LogP contribution in [0.5, 0.6) is 0 Å². The van der Waals surface area contributed by atoms with Crippen LogP contribution < -0.4 is 10.6 Å². The number of anilines is 2. The van der Waals surface area contributed by atoms with E-state index in [0.29, 0.717) is 11.5 Å². The summed E-state index contributed by atoms with van der Waals surface area (Å²) in [6.45, 7) is 2.04. The number of hydrogen-bond donors (Lipinski definition) is 1. The lowest BCUT2D eigenvalue weighted by Gasteiger charge is -2.18. The van der Waals surface area contributed by atoms with Gasteiger partial charge in [-0.1, -0.05) is 0 Å². The van der Waals surface area contributed by atoms with Gasteiger partial charge in [-0.15, -0.1) is 0 Å². The number of hydrogen-bond acceptors (Lipinski definition) is 5. The summed E-state index contributed by atoms with van der Waals surface area (Å²) >= 11 is 0. The summed E-state index contributed by atoms with van der Waals surface area (Å²) in [4.78, 5) is 5.75. The SMILES string of the molecule is Cc1ccc(N)c(N(CC#N)CC#N)n1. The maximum atomic E-state index is 8.62. The highest BCUT2D eigenvalue weighted by atomic mass is 15.2. The van der Waals surface area contributed by atoms with E-state index >= 15 is 0 Å². The van der Waals surface area contributed by atoms with Crippen LogP contribution in [0.1, 0.15) is 5.69 Å². The Labute approximate surface area is 88.4 Å². The number of rotatable bonds is 3. The number of nitrogens with zero attached hydrogens (tertiary/aromatic N) is 4. The monoisotopic (exact) mass is 201 g/mol. The summed E-state index contributed by atoms with van der Waals surface area (Å²) < 4.78 is 0. The van der Waals surface area contributed by atoms with Gasteiger partial charge in [-0.25, -0.2) is 4.98 Å². The fourth-order valence-corrected chi connectivity index (χ4v) is 1.18. The quantitative estimate of drug-likeness (QED) is 0.731. The molecule has 0 aliphatic rings. The van der Waals surface area contributed by atoms with Gasteiger partial charge in [0.2, 0.25) is 0 Å². The molecule has 0 unspecified atom stereocenters. The fraction of sp³-hybridized carbons (Fsp3) is 0.300. The average Bonchev–Trinajstić information content (AvgIpc) is 2.21. The number of aromatic nitrogens is 1. The lowest BCUT2D eigenvalue weighted by atomic mass is 10.3. The molecule has 0 amide bonds. The predicted molar refractivity (Wildman–Crippen MR) is 56.8 cm³/mol. The normalized spacial score (nSPS) is 9.00. The maximum absolute atomic E-state index is 8.62. The van der Waals surface area contributed by atoms with Crippen LogP contribution in [0.3, 0.4) is 0 Å². The first-order valence-electron chi connectivity index (χ1n) is 4.41. The molecule has 0 aliphatic heterocycles. The number of pyridine rings is 1. The van der Waals surface area contributed by atoms with Crippen LogP contribution in [-0.2, 0) is 0 Å². The van der Waals surface area contributed by atoms with Crippen molar-refractivity contribution in [1.29, 1.82) is 10.5 Å². The minimum atomic E-state index is 0.105. The molecule has 1 heterocycles. The van der Waals surface area contributed by atoms with Crippen LogP contribution in [0.2, 0.25) is 0 Å². The van der Waals surface area contributed by atoms with E-state index in [4.69, 9.17) is 16.3 Å². The summed E-state index contributed by atoms with van der Waals surface area (Å²) in [6.07, 6.45) is 0. The lowest BCUT2D eigenvalue weighted by Crippen LogP contribution is -2.26. The van der Waals surface area contributed by atoms with E-state index in [9.17, 15) is 0 Å². The Morgan fingerprint density at radius 1 is 1.33 bits per heavy atom. The van der Waals surface area contributed by atoms with E-state index < -0.39 is 0 Å². The van der Waals surface area contributed by atoms with Gasteiger partial charge in [0.1, 0.15) is 13.1 Å². The molecular weight excluding hydrogens is 190 g/mol. The zero-order valence-corrected chi connectivity index (χ0v) is 8.44. The summed E-state index contributed by atoms with van der Waals surface area (Å²) in [5, 5.41) is 17.2. The molecule has 0 atom stereocenters. The van der Waals surface area contributed by atoms with Crippen LogP contribution in [0.15, 0.2) is 12.1 Å². The van der Waals surface area contributed by atoms with E-state index in [0.717, 1.165) is 5.69 Å². The highest BCUT2D eigenvalue weighted by molar-refractivity contribution is 5.63. The molecule has 5 nitrogen and oxygen atoms in total. The van der Waals surface area contributed by atoms with Gasteiger partial charge in [-0.05, 0) is 19.1 Å². The van der Waals surface area contributed by atoms with E-state index in [2.05, 4.69) is 4.98 Å². The third-order valence-corrected chi connectivity index (χ3v) is 1.87. The van der Waals surface area contributed by atoms with Crippen molar-refractivity contribution in [1.82, 2.24) is 4.98 Å². The van der Waals surface area contributed by atoms with E-state index in [1.165, 1.54) is 0 Å². The minimum Gasteiger partial charge on any atom is -0.396 e. The molecule has 0 saturated carbocycles. The Morgan fingerprint density at radius 3 is 2.47 bits per heavy atom. The molecular formula is C10H11N5. The Morgan fingerprint density at radius 2 is 1.93 bits per heavy atom. The minimum absolute atomic E-state index is 0.105. The van der Waals surface area contributed by atoms with Gasteiger partial charge in [0.15, 0.2) is 5.82 Å². The first-order valence-corrected chi connectivity index (χ1v) is 4.41. The van der Waals surface area contributed by atoms with Crippen molar-refractivity contribution in [3.05, 3.63) is 17.8 Å². The number of aryl methyl sites for hydroxylation is 1. The maximum Gasteiger partial charge on any atom is 0.153 e. The van der Waals surface area contributed by atoms with Crippen LogP contribution in [0.25, 0.3) is 0 Å². The van der Waals surface area contributed by atoms with E-state index in [1.807, 2.05) is 19.1 Å². The molecule has 1 aromatic rings. The van der Waals surface area contributed by atoms with Crippen molar-refractivity contribution in [2.24, 2.45) is 0 Å². The average molecular weight is 201 g/mol. The molecule has 76 valence electrons. The van der Waals surface area contributed by atoms with E-state index in [-0.39, 0.29) is 13.1 Å². The Hall–Kier alpha value is -2.27. The predicted octanol–water partition coefficient (Wildman–Crippen LogP) is 0.826. The third kappa shape index (κ3) is 2.58. The van der Waals surface area contributed by atoms with Gasteiger partial charge < -0.3 is 10.6 Å². The van der Waals surface area contributed by atoms with Crippen LogP contribution in [0, 0.1) is 29.6 Å². The molecule has 0 bridgehead atoms. The second-order valence-electron chi connectivity index (χ2n) is 3.04. The van der Waals surface area contributed by atoms with Gasteiger partial charge in [-0.2, -0.15) is 10.5 Å². The topological polar surface area (TPSA) is 89.7 Å². The zero-order chi connectivity index (χ0) is 11.3. The second kappa shape index (κ2) is 4.83. The highest BCUT2D eigenvalue weighted by Crippen LogP contribution is 2.19. The Bertz CT molecular complexity index is 410. The summed E-state index contributed by atoms with van der Waals surface area (Å²) in [5.41, 5.74) is 7.01. The fourth-order valence-electron chi connectivity index (χ4n) is 1.18. The standard InChI is InChI=1S/C10H11N5/c1-8-2-3-9(13)10(14-8)15(6-4-11)7-5-12/h2-3H,6-7,13H2,1H3. The number of nitriles is 2. The van der Waals surface area contributed by atoms with Crippen molar-refractivity contribution < 1.29 is 0 Å². The first-order chi connectivity index (χ1) is 7.19. The molecule has 0 spiro atoms. The highest BCUT2D eigenvalue weighted by Gasteiger charge is 2.10.